The third kappa shape index (κ3) is 8.45. The molecule has 0 saturated carbocycles. The standard InChI is InChI=1S/C22H27N3O7S/c1-15(2)11-12-23-22(28)24-20(26)14-32-21(27)16-5-4-6-19(13-16)33(29,30)25-17-7-9-18(31-3)10-8-17/h4-10,13,15,25H,11-12,14H2,1-3H3,(H2,23,24,26,28). The van der Waals surface area contributed by atoms with E-state index in [4.69, 9.17) is 9.47 Å². The molecule has 0 aliphatic rings. The number of nitrogens with one attached hydrogen (secondary N) is 3. The Bertz CT molecular complexity index is 1080. The van der Waals surface area contributed by atoms with Crippen LogP contribution in [0.3, 0.4) is 0 Å². The number of benzene rings is 2. The first kappa shape index (κ1) is 25.7. The summed E-state index contributed by atoms with van der Waals surface area (Å²) in [6.07, 6.45) is 0.753. The van der Waals surface area contributed by atoms with E-state index in [1.165, 1.54) is 37.4 Å². The first-order valence-electron chi connectivity index (χ1n) is 10.1. The summed E-state index contributed by atoms with van der Waals surface area (Å²) in [6, 6.07) is 10.8. The highest BCUT2D eigenvalue weighted by Crippen LogP contribution is 2.20. The van der Waals surface area contributed by atoms with Crippen molar-refractivity contribution in [3.63, 3.8) is 0 Å². The highest BCUT2D eigenvalue weighted by molar-refractivity contribution is 7.92. The van der Waals surface area contributed by atoms with Crippen LogP contribution < -0.4 is 20.1 Å². The van der Waals surface area contributed by atoms with Crippen molar-refractivity contribution in [2.75, 3.05) is 25.0 Å². The zero-order valence-corrected chi connectivity index (χ0v) is 19.4. The van der Waals surface area contributed by atoms with Crippen molar-refractivity contribution in [2.24, 2.45) is 5.92 Å². The summed E-state index contributed by atoms with van der Waals surface area (Å²) < 4.78 is 37.6. The third-order valence-electron chi connectivity index (χ3n) is 4.32. The van der Waals surface area contributed by atoms with E-state index < -0.39 is 34.5 Å². The van der Waals surface area contributed by atoms with Crippen LogP contribution in [0.5, 0.6) is 5.75 Å². The lowest BCUT2D eigenvalue weighted by molar-refractivity contribution is -0.123. The van der Waals surface area contributed by atoms with E-state index >= 15 is 0 Å². The molecule has 0 fully saturated rings. The molecule has 0 aliphatic carbocycles. The number of rotatable bonds is 10. The van der Waals surface area contributed by atoms with Crippen LogP contribution in [0.2, 0.25) is 0 Å². The molecule has 178 valence electrons. The average Bonchev–Trinajstić information content (AvgIpc) is 2.77. The maximum absolute atomic E-state index is 12.6. The van der Waals surface area contributed by atoms with E-state index in [2.05, 4.69) is 15.4 Å². The number of sulfonamides is 1. The molecule has 0 saturated heterocycles. The molecule has 0 radical (unpaired) electrons. The average molecular weight is 478 g/mol. The Hall–Kier alpha value is -3.60. The predicted molar refractivity (Wildman–Crippen MR) is 122 cm³/mol. The van der Waals surface area contributed by atoms with Gasteiger partial charge in [-0.2, -0.15) is 0 Å². The molecule has 10 nitrogen and oxygen atoms in total. The number of methoxy groups -OCH3 is 1. The van der Waals surface area contributed by atoms with Gasteiger partial charge in [0.15, 0.2) is 6.61 Å². The number of carbonyl (C=O) groups is 3. The maximum atomic E-state index is 12.6. The summed E-state index contributed by atoms with van der Waals surface area (Å²) in [6.45, 7) is 3.71. The molecule has 0 aromatic heterocycles. The van der Waals surface area contributed by atoms with E-state index in [9.17, 15) is 22.8 Å². The van der Waals surface area contributed by atoms with Crippen LogP contribution in [0, 0.1) is 5.92 Å². The first-order valence-corrected chi connectivity index (χ1v) is 11.6. The lowest BCUT2D eigenvalue weighted by Gasteiger charge is -2.10. The van der Waals surface area contributed by atoms with Gasteiger partial charge in [-0.3, -0.25) is 14.8 Å². The van der Waals surface area contributed by atoms with Gasteiger partial charge in [-0.1, -0.05) is 19.9 Å². The molecule has 11 heteroatoms. The second-order valence-electron chi connectivity index (χ2n) is 7.42. The topological polar surface area (TPSA) is 140 Å². The van der Waals surface area contributed by atoms with Crippen molar-refractivity contribution in [2.45, 2.75) is 25.2 Å². The molecular weight excluding hydrogens is 450 g/mol. The van der Waals surface area contributed by atoms with Gasteiger partial charge in [0.25, 0.3) is 15.9 Å². The molecule has 0 heterocycles. The van der Waals surface area contributed by atoms with Crippen LogP contribution in [0.1, 0.15) is 30.6 Å². The van der Waals surface area contributed by atoms with Crippen molar-refractivity contribution in [3.05, 3.63) is 54.1 Å². The Balaban J connectivity index is 1.93. The molecule has 2 aromatic rings. The fourth-order valence-electron chi connectivity index (χ4n) is 2.56. The highest BCUT2D eigenvalue weighted by atomic mass is 32.2. The minimum Gasteiger partial charge on any atom is -0.497 e. The SMILES string of the molecule is COc1ccc(NS(=O)(=O)c2cccc(C(=O)OCC(=O)NC(=O)NCCC(C)C)c2)cc1. The van der Waals surface area contributed by atoms with Crippen molar-refractivity contribution < 1.29 is 32.3 Å². The van der Waals surface area contributed by atoms with Gasteiger partial charge in [0.1, 0.15) is 5.75 Å². The molecular formula is C22H27N3O7S. The van der Waals surface area contributed by atoms with Gasteiger partial charge >= 0.3 is 12.0 Å². The van der Waals surface area contributed by atoms with Gasteiger partial charge in [0.2, 0.25) is 0 Å². The Morgan fingerprint density at radius 3 is 2.36 bits per heavy atom. The maximum Gasteiger partial charge on any atom is 0.338 e. The molecule has 0 unspecified atom stereocenters. The summed E-state index contributed by atoms with van der Waals surface area (Å²) >= 11 is 0. The van der Waals surface area contributed by atoms with E-state index in [1.54, 1.807) is 12.1 Å². The minimum atomic E-state index is -3.98. The molecule has 2 rings (SSSR count). The molecule has 0 spiro atoms. The predicted octanol–water partition coefficient (Wildman–Crippen LogP) is 2.52. The number of urea groups is 1. The van der Waals surface area contributed by atoms with Crippen LogP contribution in [-0.4, -0.2) is 46.6 Å². The Morgan fingerprint density at radius 1 is 1.03 bits per heavy atom. The van der Waals surface area contributed by atoms with E-state index in [1.807, 2.05) is 13.8 Å². The second-order valence-corrected chi connectivity index (χ2v) is 9.11. The van der Waals surface area contributed by atoms with Crippen LogP contribution in [-0.2, 0) is 19.6 Å². The monoisotopic (exact) mass is 477 g/mol. The normalized spacial score (nSPS) is 10.9. The van der Waals surface area contributed by atoms with Crippen LogP contribution in [0.15, 0.2) is 53.4 Å². The zero-order valence-electron chi connectivity index (χ0n) is 18.6. The summed E-state index contributed by atoms with van der Waals surface area (Å²) in [4.78, 5) is 35.5. The van der Waals surface area contributed by atoms with Gasteiger partial charge in [-0.15, -0.1) is 0 Å². The number of anilines is 1. The first-order chi connectivity index (χ1) is 15.6. The van der Waals surface area contributed by atoms with Gasteiger partial charge in [0.05, 0.1) is 17.6 Å². The van der Waals surface area contributed by atoms with Crippen LogP contribution in [0.25, 0.3) is 0 Å². The number of hydrogen-bond acceptors (Lipinski definition) is 7. The molecule has 0 aliphatic heterocycles. The van der Waals surface area contributed by atoms with Gasteiger partial charge < -0.3 is 14.8 Å². The molecule has 2 aromatic carbocycles. The van der Waals surface area contributed by atoms with Gasteiger partial charge in [-0.25, -0.2) is 18.0 Å². The van der Waals surface area contributed by atoms with Crippen molar-refractivity contribution in [1.29, 1.82) is 0 Å². The number of esters is 1. The van der Waals surface area contributed by atoms with Crippen LogP contribution in [0.4, 0.5) is 10.5 Å². The number of imide groups is 1. The number of amides is 3. The fourth-order valence-corrected chi connectivity index (χ4v) is 3.66. The summed E-state index contributed by atoms with van der Waals surface area (Å²) in [5, 5.41) is 4.57. The number of ether oxygens (including phenoxy) is 2. The fraction of sp³-hybridized carbons (Fsp3) is 0.318. The largest absolute Gasteiger partial charge is 0.497 e. The molecule has 3 amide bonds. The van der Waals surface area contributed by atoms with Crippen molar-refractivity contribution in [1.82, 2.24) is 10.6 Å². The Labute approximate surface area is 192 Å². The van der Waals surface area contributed by atoms with Crippen LogP contribution >= 0.6 is 0 Å². The number of carbonyl (C=O) groups excluding carboxylic acids is 3. The zero-order chi connectivity index (χ0) is 24.4. The van der Waals surface area contributed by atoms with E-state index in [-0.39, 0.29) is 10.5 Å². The van der Waals surface area contributed by atoms with Crippen molar-refractivity contribution in [3.8, 4) is 5.75 Å². The molecule has 0 bridgehead atoms. The van der Waals surface area contributed by atoms with E-state index in [0.717, 1.165) is 12.5 Å². The summed E-state index contributed by atoms with van der Waals surface area (Å²) in [7, 11) is -2.49. The minimum absolute atomic E-state index is 0.0678. The third-order valence-corrected chi connectivity index (χ3v) is 5.70. The molecule has 0 atom stereocenters. The van der Waals surface area contributed by atoms with Gasteiger partial charge in [-0.05, 0) is 54.8 Å². The molecule has 33 heavy (non-hydrogen) atoms. The Kier molecular flexibility index (Phi) is 9.22. The second kappa shape index (κ2) is 11.9. The Morgan fingerprint density at radius 2 is 1.73 bits per heavy atom. The van der Waals surface area contributed by atoms with Crippen molar-refractivity contribution >= 4 is 33.6 Å². The van der Waals surface area contributed by atoms with E-state index in [0.29, 0.717) is 23.9 Å². The smallest absolute Gasteiger partial charge is 0.338 e. The summed E-state index contributed by atoms with van der Waals surface area (Å²) in [5.74, 6) is -0.755. The quantitative estimate of drug-likeness (QED) is 0.447. The van der Waals surface area contributed by atoms with Gasteiger partial charge in [0, 0.05) is 12.2 Å². The number of hydrogen-bond donors (Lipinski definition) is 3. The lowest BCUT2D eigenvalue weighted by Crippen LogP contribution is -2.42. The highest BCUT2D eigenvalue weighted by Gasteiger charge is 2.18. The molecule has 3 N–H and O–H groups in total. The lowest BCUT2D eigenvalue weighted by atomic mass is 10.1. The summed E-state index contributed by atoms with van der Waals surface area (Å²) in [5.41, 5.74) is 0.244.